The maximum Gasteiger partial charge on any atom is 0.0685 e. The molecule has 1 aliphatic rings. The van der Waals surface area contributed by atoms with E-state index >= 15 is 0 Å². The lowest BCUT2D eigenvalue weighted by Gasteiger charge is -2.25. The molecule has 25 heavy (non-hydrogen) atoms. The zero-order chi connectivity index (χ0) is 17.8. The van der Waals surface area contributed by atoms with E-state index in [0.717, 1.165) is 32.9 Å². The molecule has 0 spiro atoms. The number of morpholine rings is 1. The second kappa shape index (κ2) is 18.4. The molecule has 0 radical (unpaired) electrons. The highest BCUT2D eigenvalue weighted by atomic mass is 16.7. The highest BCUT2D eigenvalue weighted by Crippen LogP contribution is 2.10. The van der Waals surface area contributed by atoms with E-state index in [1.54, 1.807) is 0 Å². The summed E-state index contributed by atoms with van der Waals surface area (Å²) in [6, 6.07) is 0. The van der Waals surface area contributed by atoms with E-state index in [4.69, 9.17) is 9.57 Å². The van der Waals surface area contributed by atoms with Crippen molar-refractivity contribution >= 4 is 0 Å². The summed E-state index contributed by atoms with van der Waals surface area (Å²) in [5.41, 5.74) is 0. The molecule has 0 aromatic carbocycles. The lowest BCUT2D eigenvalue weighted by molar-refractivity contribution is -0.194. The van der Waals surface area contributed by atoms with Gasteiger partial charge in [-0.15, -0.1) is 0 Å². The van der Waals surface area contributed by atoms with Gasteiger partial charge in [0.2, 0.25) is 0 Å². The fourth-order valence-corrected chi connectivity index (χ4v) is 3.22. The number of allylic oxidation sites excluding steroid dienone is 2. The number of hydrogen-bond donors (Lipinski definition) is 0. The Morgan fingerprint density at radius 2 is 1.24 bits per heavy atom. The average molecular weight is 354 g/mol. The zero-order valence-corrected chi connectivity index (χ0v) is 16.9. The number of unbranched alkanes of at least 4 members (excludes halogenated alkanes) is 12. The highest BCUT2D eigenvalue weighted by Gasteiger charge is 2.09. The van der Waals surface area contributed by atoms with Crippen molar-refractivity contribution in [2.45, 2.75) is 96.8 Å². The molecular formula is C22H43NO2. The van der Waals surface area contributed by atoms with E-state index in [0.29, 0.717) is 0 Å². The molecule has 0 N–H and O–H groups in total. The molecule has 3 heteroatoms. The molecule has 1 saturated heterocycles. The molecule has 0 aliphatic carbocycles. The Balaban J connectivity index is 1.70. The Labute approximate surface area is 157 Å². The van der Waals surface area contributed by atoms with Gasteiger partial charge in [-0.1, -0.05) is 76.9 Å². The molecule has 0 unspecified atom stereocenters. The topological polar surface area (TPSA) is 21.7 Å². The van der Waals surface area contributed by atoms with Crippen LogP contribution in [0.15, 0.2) is 12.2 Å². The lowest BCUT2D eigenvalue weighted by atomic mass is 10.1. The second-order valence-corrected chi connectivity index (χ2v) is 7.31. The monoisotopic (exact) mass is 353 g/mol. The van der Waals surface area contributed by atoms with Crippen LogP contribution in [-0.2, 0) is 9.57 Å². The fourth-order valence-electron chi connectivity index (χ4n) is 3.22. The van der Waals surface area contributed by atoms with E-state index in [2.05, 4.69) is 24.1 Å². The minimum atomic E-state index is 0.813. The number of rotatable bonds is 17. The van der Waals surface area contributed by atoms with Crippen LogP contribution in [0.3, 0.4) is 0 Å². The first-order valence-corrected chi connectivity index (χ1v) is 11.0. The first-order valence-electron chi connectivity index (χ1n) is 11.0. The highest BCUT2D eigenvalue weighted by molar-refractivity contribution is 4.81. The Morgan fingerprint density at radius 1 is 0.720 bits per heavy atom. The molecule has 3 nitrogen and oxygen atoms in total. The van der Waals surface area contributed by atoms with Gasteiger partial charge in [-0.3, -0.25) is 4.84 Å². The maximum absolute atomic E-state index is 5.75. The second-order valence-electron chi connectivity index (χ2n) is 7.31. The summed E-state index contributed by atoms with van der Waals surface area (Å²) in [6.45, 7) is 6.63. The van der Waals surface area contributed by atoms with Crippen LogP contribution in [0, 0.1) is 0 Å². The summed E-state index contributed by atoms with van der Waals surface area (Å²) in [5.74, 6) is 0. The van der Waals surface area contributed by atoms with Crippen molar-refractivity contribution in [3.05, 3.63) is 12.2 Å². The first kappa shape index (κ1) is 22.7. The summed E-state index contributed by atoms with van der Waals surface area (Å²) < 4.78 is 5.31. The van der Waals surface area contributed by atoms with Gasteiger partial charge < -0.3 is 4.74 Å². The van der Waals surface area contributed by atoms with E-state index in [1.165, 1.54) is 89.9 Å². The minimum Gasteiger partial charge on any atom is -0.379 e. The van der Waals surface area contributed by atoms with E-state index in [9.17, 15) is 0 Å². The first-order chi connectivity index (χ1) is 12.4. The fraction of sp³-hybridized carbons (Fsp3) is 0.909. The number of ether oxygens (including phenoxy) is 1. The third-order valence-electron chi connectivity index (χ3n) is 4.90. The van der Waals surface area contributed by atoms with Crippen LogP contribution in [-0.4, -0.2) is 38.0 Å². The van der Waals surface area contributed by atoms with Gasteiger partial charge in [0.15, 0.2) is 0 Å². The number of hydroxylamine groups is 2. The molecule has 148 valence electrons. The standard InChI is InChI=1S/C22H43NO2/c1-2-3-4-5-6-7-8-9-10-11-12-13-14-15-16-17-20-25-23-18-21-24-22-19-23/h9-10H,2-8,11-22H2,1H3/b10-9-. The molecule has 0 atom stereocenters. The molecule has 0 amide bonds. The number of nitrogens with zero attached hydrogens (tertiary/aromatic N) is 1. The average Bonchev–Trinajstić information content (AvgIpc) is 2.65. The third-order valence-corrected chi connectivity index (χ3v) is 4.90. The van der Waals surface area contributed by atoms with Crippen LogP contribution < -0.4 is 0 Å². The lowest BCUT2D eigenvalue weighted by Crippen LogP contribution is -2.36. The minimum absolute atomic E-state index is 0.813. The van der Waals surface area contributed by atoms with Gasteiger partial charge >= 0.3 is 0 Å². The predicted octanol–water partition coefficient (Wildman–Crippen LogP) is 6.29. The van der Waals surface area contributed by atoms with Crippen molar-refractivity contribution in [2.75, 3.05) is 32.9 Å². The van der Waals surface area contributed by atoms with Crippen LogP contribution in [0.2, 0.25) is 0 Å². The van der Waals surface area contributed by atoms with Crippen LogP contribution in [0.5, 0.6) is 0 Å². The maximum atomic E-state index is 5.75. The summed E-state index contributed by atoms with van der Waals surface area (Å²) >= 11 is 0. The largest absolute Gasteiger partial charge is 0.379 e. The van der Waals surface area contributed by atoms with Crippen molar-refractivity contribution in [3.8, 4) is 0 Å². The van der Waals surface area contributed by atoms with Crippen molar-refractivity contribution < 1.29 is 9.57 Å². The van der Waals surface area contributed by atoms with Crippen LogP contribution in [0.4, 0.5) is 0 Å². The molecule has 0 saturated carbocycles. The van der Waals surface area contributed by atoms with Gasteiger partial charge in [-0.05, 0) is 32.1 Å². The molecule has 0 aromatic rings. The normalized spacial score (nSPS) is 16.0. The molecule has 0 aromatic heterocycles. The molecular weight excluding hydrogens is 310 g/mol. The van der Waals surface area contributed by atoms with Crippen LogP contribution >= 0.6 is 0 Å². The van der Waals surface area contributed by atoms with Gasteiger partial charge in [0.05, 0.1) is 19.8 Å². The molecule has 1 fully saturated rings. The Hall–Kier alpha value is -0.380. The van der Waals surface area contributed by atoms with Gasteiger partial charge in [0.25, 0.3) is 0 Å². The van der Waals surface area contributed by atoms with Crippen molar-refractivity contribution in [3.63, 3.8) is 0 Å². The summed E-state index contributed by atoms with van der Waals surface area (Å²) in [7, 11) is 0. The third kappa shape index (κ3) is 15.6. The molecule has 1 aliphatic heterocycles. The number of hydrogen-bond acceptors (Lipinski definition) is 3. The zero-order valence-electron chi connectivity index (χ0n) is 16.9. The SMILES string of the molecule is CCCCCCCC/C=C\CCCCCCCCON1CCOCC1. The van der Waals surface area contributed by atoms with E-state index in [1.807, 2.05) is 0 Å². The smallest absolute Gasteiger partial charge is 0.0685 e. The van der Waals surface area contributed by atoms with Crippen LogP contribution in [0.25, 0.3) is 0 Å². The van der Waals surface area contributed by atoms with Crippen molar-refractivity contribution in [1.82, 2.24) is 5.06 Å². The summed E-state index contributed by atoms with van der Waals surface area (Å²) in [4.78, 5) is 5.75. The summed E-state index contributed by atoms with van der Waals surface area (Å²) in [5, 5.41) is 2.06. The van der Waals surface area contributed by atoms with Gasteiger partial charge in [-0.25, -0.2) is 0 Å². The Morgan fingerprint density at radius 3 is 1.84 bits per heavy atom. The van der Waals surface area contributed by atoms with Gasteiger partial charge in [0, 0.05) is 13.1 Å². The Bertz CT molecular complexity index is 288. The summed E-state index contributed by atoms with van der Waals surface area (Å²) in [6.07, 6.45) is 23.8. The van der Waals surface area contributed by atoms with Crippen molar-refractivity contribution in [1.29, 1.82) is 0 Å². The van der Waals surface area contributed by atoms with Crippen molar-refractivity contribution in [2.24, 2.45) is 0 Å². The van der Waals surface area contributed by atoms with E-state index in [-0.39, 0.29) is 0 Å². The molecule has 1 rings (SSSR count). The van der Waals surface area contributed by atoms with E-state index < -0.39 is 0 Å². The van der Waals surface area contributed by atoms with Gasteiger partial charge in [-0.2, -0.15) is 5.06 Å². The predicted molar refractivity (Wildman–Crippen MR) is 108 cm³/mol. The van der Waals surface area contributed by atoms with Gasteiger partial charge in [0.1, 0.15) is 0 Å². The molecule has 1 heterocycles. The van der Waals surface area contributed by atoms with Crippen LogP contribution in [0.1, 0.15) is 96.8 Å². The molecule has 0 bridgehead atoms. The quantitative estimate of drug-likeness (QED) is 0.227. The Kier molecular flexibility index (Phi) is 16.7.